The van der Waals surface area contributed by atoms with Gasteiger partial charge >= 0.3 is 6.61 Å². The molecule has 0 aliphatic carbocycles. The summed E-state index contributed by atoms with van der Waals surface area (Å²) in [5.74, 6) is -1.78. The molecule has 1 fully saturated rings. The fourth-order valence-corrected chi connectivity index (χ4v) is 2.13. The lowest BCUT2D eigenvalue weighted by Crippen LogP contribution is -2.47. The third kappa shape index (κ3) is 3.22. The van der Waals surface area contributed by atoms with E-state index in [1.165, 1.54) is 6.07 Å². The average molecular weight is 288 g/mol. The van der Waals surface area contributed by atoms with Gasteiger partial charge in [-0.3, -0.25) is 4.79 Å². The van der Waals surface area contributed by atoms with E-state index in [1.807, 2.05) is 0 Å². The van der Waals surface area contributed by atoms with Crippen LogP contribution < -0.4 is 15.4 Å². The largest absolute Gasteiger partial charge is 0.432 e. The van der Waals surface area contributed by atoms with E-state index in [9.17, 15) is 18.0 Å². The van der Waals surface area contributed by atoms with Crippen molar-refractivity contribution in [2.45, 2.75) is 31.9 Å². The average Bonchev–Trinajstić information content (AvgIpc) is 2.81. The van der Waals surface area contributed by atoms with Gasteiger partial charge in [0.2, 0.25) is 5.91 Å². The fraction of sp³-hybridized carbons (Fsp3) is 0.462. The van der Waals surface area contributed by atoms with Crippen LogP contribution in [-0.2, 0) is 4.79 Å². The zero-order chi connectivity index (χ0) is 14.8. The zero-order valence-corrected chi connectivity index (χ0v) is 10.9. The first-order valence-electron chi connectivity index (χ1n) is 6.21. The molecule has 7 heteroatoms. The van der Waals surface area contributed by atoms with Crippen molar-refractivity contribution in [1.29, 1.82) is 0 Å². The minimum Gasteiger partial charge on any atom is -0.432 e. The van der Waals surface area contributed by atoms with E-state index in [4.69, 9.17) is 0 Å². The molecular formula is C13H15F3N2O2. The second kappa shape index (κ2) is 5.70. The minimum atomic E-state index is -3.09. The monoisotopic (exact) mass is 288 g/mol. The Hall–Kier alpha value is -1.76. The van der Waals surface area contributed by atoms with Crippen molar-refractivity contribution in [3.8, 4) is 5.75 Å². The Balaban J connectivity index is 2.06. The molecule has 2 rings (SSSR count). The van der Waals surface area contributed by atoms with E-state index in [0.717, 1.165) is 25.1 Å². The van der Waals surface area contributed by atoms with Gasteiger partial charge in [0.1, 0.15) is 0 Å². The summed E-state index contributed by atoms with van der Waals surface area (Å²) in [6.45, 7) is -0.578. The first-order valence-corrected chi connectivity index (χ1v) is 6.21. The van der Waals surface area contributed by atoms with Crippen LogP contribution >= 0.6 is 0 Å². The van der Waals surface area contributed by atoms with Gasteiger partial charge in [0.25, 0.3) is 0 Å². The molecule has 110 valence electrons. The van der Waals surface area contributed by atoms with E-state index < -0.39 is 23.7 Å². The molecule has 4 nitrogen and oxygen atoms in total. The van der Waals surface area contributed by atoms with Crippen LogP contribution in [0, 0.1) is 5.82 Å². The maximum atomic E-state index is 13.5. The highest BCUT2D eigenvalue weighted by Gasteiger charge is 2.35. The van der Waals surface area contributed by atoms with Crippen LogP contribution in [0.15, 0.2) is 18.2 Å². The molecule has 1 atom stereocenters. The van der Waals surface area contributed by atoms with Crippen LogP contribution in [0.2, 0.25) is 0 Å². The van der Waals surface area contributed by atoms with Gasteiger partial charge in [0, 0.05) is 11.8 Å². The number of hydrogen-bond acceptors (Lipinski definition) is 3. The summed E-state index contributed by atoms with van der Waals surface area (Å²) in [4.78, 5) is 12.1. The summed E-state index contributed by atoms with van der Waals surface area (Å²) in [5.41, 5.74) is -0.488. The van der Waals surface area contributed by atoms with Crippen molar-refractivity contribution in [2.75, 3.05) is 11.9 Å². The van der Waals surface area contributed by atoms with Gasteiger partial charge in [0.05, 0.1) is 5.54 Å². The molecule has 1 aromatic carbocycles. The Morgan fingerprint density at radius 1 is 1.50 bits per heavy atom. The molecule has 1 aromatic rings. The summed E-state index contributed by atoms with van der Waals surface area (Å²) in [7, 11) is 0. The molecule has 1 unspecified atom stereocenters. The maximum absolute atomic E-state index is 13.5. The van der Waals surface area contributed by atoms with Crippen LogP contribution in [0.3, 0.4) is 0 Å². The molecule has 0 bridgehead atoms. The molecule has 1 aliphatic rings. The maximum Gasteiger partial charge on any atom is 0.387 e. The number of amides is 1. The summed E-state index contributed by atoms with van der Waals surface area (Å²) < 4.78 is 41.5. The molecule has 1 saturated heterocycles. The number of rotatable bonds is 4. The van der Waals surface area contributed by atoms with Gasteiger partial charge in [-0.15, -0.1) is 0 Å². The summed E-state index contributed by atoms with van der Waals surface area (Å²) in [6, 6.07) is 3.33. The van der Waals surface area contributed by atoms with Crippen molar-refractivity contribution in [3.05, 3.63) is 24.0 Å². The Kier molecular flexibility index (Phi) is 4.17. The number of carbonyl (C=O) groups excluding carboxylic acids is 1. The van der Waals surface area contributed by atoms with E-state index in [2.05, 4.69) is 15.4 Å². The first kappa shape index (κ1) is 14.6. The third-order valence-corrected chi connectivity index (χ3v) is 3.28. The van der Waals surface area contributed by atoms with Gasteiger partial charge in [-0.25, -0.2) is 4.39 Å². The van der Waals surface area contributed by atoms with Crippen LogP contribution in [0.1, 0.15) is 19.8 Å². The van der Waals surface area contributed by atoms with Crippen LogP contribution in [0.5, 0.6) is 5.75 Å². The van der Waals surface area contributed by atoms with E-state index >= 15 is 0 Å². The number of alkyl halides is 2. The predicted molar refractivity (Wildman–Crippen MR) is 67.3 cm³/mol. The SMILES string of the molecule is CC1(C(=O)Nc2ccc(OC(F)F)c(F)c2)CCCN1. The molecule has 0 aromatic heterocycles. The number of benzene rings is 1. The molecule has 2 N–H and O–H groups in total. The highest BCUT2D eigenvalue weighted by Crippen LogP contribution is 2.25. The van der Waals surface area contributed by atoms with Gasteiger partial charge in [0.15, 0.2) is 11.6 Å². The lowest BCUT2D eigenvalue weighted by atomic mass is 9.99. The smallest absolute Gasteiger partial charge is 0.387 e. The summed E-state index contributed by atoms with van der Waals surface area (Å²) >= 11 is 0. The normalized spacial score (nSPS) is 22.1. The summed E-state index contributed by atoms with van der Waals surface area (Å²) in [6.07, 6.45) is 1.58. The number of nitrogens with one attached hydrogen (secondary N) is 2. The Labute approximate surface area is 114 Å². The number of hydrogen-bond donors (Lipinski definition) is 2. The quantitative estimate of drug-likeness (QED) is 0.895. The highest BCUT2D eigenvalue weighted by atomic mass is 19.3. The number of ether oxygens (including phenoxy) is 1. The van der Waals surface area contributed by atoms with Crippen LogP contribution in [-0.4, -0.2) is 24.6 Å². The standard InChI is InChI=1S/C13H15F3N2O2/c1-13(5-2-6-17-13)11(19)18-8-3-4-10(9(14)7-8)20-12(15)16/h3-4,7,12,17H,2,5-6H2,1H3,(H,18,19). The lowest BCUT2D eigenvalue weighted by Gasteiger charge is -2.23. The van der Waals surface area contributed by atoms with E-state index in [-0.39, 0.29) is 11.6 Å². The van der Waals surface area contributed by atoms with Crippen molar-refractivity contribution < 1.29 is 22.7 Å². The van der Waals surface area contributed by atoms with Crippen molar-refractivity contribution >= 4 is 11.6 Å². The topological polar surface area (TPSA) is 50.4 Å². The molecule has 1 heterocycles. The molecule has 1 amide bonds. The van der Waals surface area contributed by atoms with Gasteiger partial charge in [-0.05, 0) is 38.4 Å². The highest BCUT2D eigenvalue weighted by molar-refractivity contribution is 5.98. The molecule has 0 radical (unpaired) electrons. The second-order valence-corrected chi connectivity index (χ2v) is 4.84. The van der Waals surface area contributed by atoms with Gasteiger partial charge < -0.3 is 15.4 Å². The Bertz CT molecular complexity index is 502. The molecule has 20 heavy (non-hydrogen) atoms. The predicted octanol–water partition coefficient (Wildman–Crippen LogP) is 2.51. The summed E-state index contributed by atoms with van der Waals surface area (Å²) in [5, 5.41) is 5.64. The minimum absolute atomic E-state index is 0.198. The molecule has 1 aliphatic heterocycles. The number of halogens is 3. The van der Waals surface area contributed by atoms with Gasteiger partial charge in [-0.1, -0.05) is 0 Å². The molecule has 0 spiro atoms. The first-order chi connectivity index (χ1) is 9.40. The number of anilines is 1. The van der Waals surface area contributed by atoms with E-state index in [0.29, 0.717) is 6.42 Å². The van der Waals surface area contributed by atoms with Crippen molar-refractivity contribution in [3.63, 3.8) is 0 Å². The Morgan fingerprint density at radius 2 is 2.25 bits per heavy atom. The van der Waals surface area contributed by atoms with Crippen molar-refractivity contribution in [2.24, 2.45) is 0 Å². The molecular weight excluding hydrogens is 273 g/mol. The zero-order valence-electron chi connectivity index (χ0n) is 10.9. The third-order valence-electron chi connectivity index (χ3n) is 3.28. The second-order valence-electron chi connectivity index (χ2n) is 4.84. The lowest BCUT2D eigenvalue weighted by molar-refractivity contribution is -0.121. The van der Waals surface area contributed by atoms with Crippen molar-refractivity contribution in [1.82, 2.24) is 5.32 Å². The fourth-order valence-electron chi connectivity index (χ4n) is 2.13. The Morgan fingerprint density at radius 3 is 2.80 bits per heavy atom. The van der Waals surface area contributed by atoms with Crippen LogP contribution in [0.25, 0.3) is 0 Å². The van der Waals surface area contributed by atoms with Crippen LogP contribution in [0.4, 0.5) is 18.9 Å². The van der Waals surface area contributed by atoms with E-state index in [1.54, 1.807) is 6.92 Å². The van der Waals surface area contributed by atoms with Gasteiger partial charge in [-0.2, -0.15) is 8.78 Å². The number of carbonyl (C=O) groups is 1. The molecule has 0 saturated carbocycles.